The first-order valence-electron chi connectivity index (χ1n) is 7.76. The highest BCUT2D eigenvalue weighted by Crippen LogP contribution is 2.29. The van der Waals surface area contributed by atoms with E-state index in [1.165, 1.54) is 0 Å². The molecule has 0 bridgehead atoms. The van der Waals surface area contributed by atoms with Gasteiger partial charge in [-0.3, -0.25) is 9.59 Å². The van der Waals surface area contributed by atoms with Crippen molar-refractivity contribution in [3.63, 3.8) is 0 Å². The summed E-state index contributed by atoms with van der Waals surface area (Å²) in [4.78, 5) is 26.3. The van der Waals surface area contributed by atoms with Crippen molar-refractivity contribution >= 4 is 38.9 Å². The third kappa shape index (κ3) is 3.57. The minimum Gasteiger partial charge on any atom is -0.350 e. The fourth-order valence-electron chi connectivity index (χ4n) is 3.29. The summed E-state index contributed by atoms with van der Waals surface area (Å²) >= 11 is 5.95. The van der Waals surface area contributed by atoms with Crippen LogP contribution in [-0.4, -0.2) is 43.8 Å². The fourth-order valence-corrected chi connectivity index (χ4v) is 5.56. The minimum atomic E-state index is -3.10. The summed E-state index contributed by atoms with van der Waals surface area (Å²) in [6.45, 7) is 2.01. The first kappa shape index (κ1) is 17.2. The Balaban J connectivity index is 1.68. The lowest BCUT2D eigenvalue weighted by molar-refractivity contribution is -0.127. The molecule has 0 saturated carbocycles. The molecular formula is C16H19ClN2O4S. The molecule has 1 aromatic carbocycles. The Kier molecular flexibility index (Phi) is 4.34. The average molecular weight is 371 g/mol. The maximum atomic E-state index is 12.5. The SMILES string of the molecule is C[C@@]1(NC(=O)[C@H]2CC(=O)N(c3cccc(Cl)c3)C2)CCS(=O)(=O)C1. The van der Waals surface area contributed by atoms with Crippen molar-refractivity contribution in [1.82, 2.24) is 5.32 Å². The van der Waals surface area contributed by atoms with Gasteiger partial charge in [-0.25, -0.2) is 8.42 Å². The average Bonchev–Trinajstić information content (AvgIpc) is 2.99. The van der Waals surface area contributed by atoms with Crippen LogP contribution in [0.2, 0.25) is 5.02 Å². The van der Waals surface area contributed by atoms with Crippen LogP contribution in [-0.2, 0) is 19.4 Å². The molecule has 130 valence electrons. The highest BCUT2D eigenvalue weighted by molar-refractivity contribution is 7.91. The maximum Gasteiger partial charge on any atom is 0.227 e. The molecule has 8 heteroatoms. The van der Waals surface area contributed by atoms with E-state index < -0.39 is 21.3 Å². The number of sulfone groups is 1. The predicted octanol–water partition coefficient (Wildman–Crippen LogP) is 1.39. The first-order valence-corrected chi connectivity index (χ1v) is 9.96. The summed E-state index contributed by atoms with van der Waals surface area (Å²) in [6, 6.07) is 6.93. The van der Waals surface area contributed by atoms with Gasteiger partial charge >= 0.3 is 0 Å². The maximum absolute atomic E-state index is 12.5. The predicted molar refractivity (Wildman–Crippen MR) is 91.7 cm³/mol. The van der Waals surface area contributed by atoms with Crippen LogP contribution in [0.1, 0.15) is 19.8 Å². The Morgan fingerprint density at radius 2 is 2.17 bits per heavy atom. The molecule has 0 unspecified atom stereocenters. The van der Waals surface area contributed by atoms with Gasteiger partial charge in [-0.2, -0.15) is 0 Å². The Hall–Kier alpha value is -1.60. The number of carbonyl (C=O) groups excluding carboxylic acids is 2. The standard InChI is InChI=1S/C16H19ClN2O4S/c1-16(5-6-24(22,23)10-16)18-15(21)11-7-14(20)19(9-11)13-4-2-3-12(17)8-13/h2-4,8,11H,5-7,9-10H2,1H3,(H,18,21)/t11-,16+/m0/s1. The van der Waals surface area contributed by atoms with Crippen LogP contribution < -0.4 is 10.2 Å². The van der Waals surface area contributed by atoms with E-state index in [2.05, 4.69) is 5.32 Å². The van der Waals surface area contributed by atoms with Crippen molar-refractivity contribution < 1.29 is 18.0 Å². The molecule has 2 aliphatic rings. The molecule has 0 spiro atoms. The van der Waals surface area contributed by atoms with E-state index in [0.29, 0.717) is 17.1 Å². The minimum absolute atomic E-state index is 0.0512. The third-order valence-corrected chi connectivity index (χ3v) is 6.68. The van der Waals surface area contributed by atoms with Crippen molar-refractivity contribution in [2.24, 2.45) is 5.92 Å². The second-order valence-corrected chi connectivity index (χ2v) is 9.40. The summed E-state index contributed by atoms with van der Waals surface area (Å²) in [7, 11) is -3.10. The fraction of sp³-hybridized carbons (Fsp3) is 0.500. The van der Waals surface area contributed by atoms with Crippen molar-refractivity contribution in [2.75, 3.05) is 23.0 Å². The zero-order valence-corrected chi connectivity index (χ0v) is 14.9. The lowest BCUT2D eigenvalue weighted by atomic mass is 9.99. The van der Waals surface area contributed by atoms with Gasteiger partial charge in [-0.15, -0.1) is 0 Å². The zero-order chi connectivity index (χ0) is 17.5. The summed E-state index contributed by atoms with van der Waals surface area (Å²) in [5.41, 5.74) is -0.0833. The van der Waals surface area contributed by atoms with Crippen LogP contribution in [0.4, 0.5) is 5.69 Å². The number of amides is 2. The molecule has 2 atom stereocenters. The summed E-state index contributed by atoms with van der Waals surface area (Å²) in [6.07, 6.45) is 0.515. The van der Waals surface area contributed by atoms with Crippen LogP contribution in [0.3, 0.4) is 0 Å². The molecule has 1 aromatic rings. The number of halogens is 1. The largest absolute Gasteiger partial charge is 0.350 e. The number of nitrogens with zero attached hydrogens (tertiary/aromatic N) is 1. The van der Waals surface area contributed by atoms with Gasteiger partial charge in [0, 0.05) is 23.7 Å². The van der Waals surface area contributed by atoms with E-state index >= 15 is 0 Å². The molecule has 2 fully saturated rings. The lowest BCUT2D eigenvalue weighted by Gasteiger charge is -2.25. The number of benzene rings is 1. The van der Waals surface area contributed by atoms with Crippen molar-refractivity contribution in [3.05, 3.63) is 29.3 Å². The number of carbonyl (C=O) groups is 2. The van der Waals surface area contributed by atoms with Crippen molar-refractivity contribution in [2.45, 2.75) is 25.3 Å². The van der Waals surface area contributed by atoms with Gasteiger partial charge < -0.3 is 10.2 Å². The number of hydrogen-bond donors (Lipinski definition) is 1. The highest BCUT2D eigenvalue weighted by atomic mass is 35.5. The topological polar surface area (TPSA) is 83.6 Å². The first-order chi connectivity index (χ1) is 11.2. The molecule has 2 aliphatic heterocycles. The van der Waals surface area contributed by atoms with E-state index in [9.17, 15) is 18.0 Å². The monoisotopic (exact) mass is 370 g/mol. The van der Waals surface area contributed by atoms with E-state index in [-0.39, 0.29) is 36.3 Å². The van der Waals surface area contributed by atoms with Crippen LogP contribution >= 0.6 is 11.6 Å². The van der Waals surface area contributed by atoms with Crippen molar-refractivity contribution in [1.29, 1.82) is 0 Å². The molecule has 1 N–H and O–H groups in total. The summed E-state index contributed by atoms with van der Waals surface area (Å²) in [5, 5.41) is 3.36. The second kappa shape index (κ2) is 6.04. The zero-order valence-electron chi connectivity index (χ0n) is 13.3. The number of nitrogens with one attached hydrogen (secondary N) is 1. The quantitative estimate of drug-likeness (QED) is 0.871. The Morgan fingerprint density at radius 1 is 1.42 bits per heavy atom. The highest BCUT2D eigenvalue weighted by Gasteiger charge is 2.42. The van der Waals surface area contributed by atoms with Gasteiger partial charge in [0.1, 0.15) is 0 Å². The Morgan fingerprint density at radius 3 is 2.79 bits per heavy atom. The molecular weight excluding hydrogens is 352 g/mol. The van der Waals surface area contributed by atoms with Crippen molar-refractivity contribution in [3.8, 4) is 0 Å². The summed E-state index contributed by atoms with van der Waals surface area (Å²) < 4.78 is 23.3. The van der Waals surface area contributed by atoms with Gasteiger partial charge in [0.05, 0.1) is 23.0 Å². The van der Waals surface area contributed by atoms with E-state index in [1.54, 1.807) is 36.1 Å². The van der Waals surface area contributed by atoms with Gasteiger partial charge in [0.2, 0.25) is 11.8 Å². The Bertz CT molecular complexity index is 795. The molecule has 2 amide bonds. The number of rotatable bonds is 3. The second-order valence-electron chi connectivity index (χ2n) is 6.78. The van der Waals surface area contributed by atoms with Gasteiger partial charge in [-0.1, -0.05) is 17.7 Å². The molecule has 6 nitrogen and oxygen atoms in total. The smallest absolute Gasteiger partial charge is 0.227 e. The molecule has 0 aliphatic carbocycles. The van der Waals surface area contributed by atoms with Gasteiger partial charge in [0.25, 0.3) is 0 Å². The van der Waals surface area contributed by atoms with Crippen LogP contribution in [0.15, 0.2) is 24.3 Å². The van der Waals surface area contributed by atoms with E-state index in [0.717, 1.165) is 0 Å². The van der Waals surface area contributed by atoms with Crippen LogP contribution in [0, 0.1) is 5.92 Å². The lowest BCUT2D eigenvalue weighted by Crippen LogP contribution is -2.49. The molecule has 2 heterocycles. The molecule has 2 saturated heterocycles. The van der Waals surface area contributed by atoms with E-state index in [1.807, 2.05) is 0 Å². The normalized spacial score (nSPS) is 29.0. The van der Waals surface area contributed by atoms with Gasteiger partial charge in [-0.05, 0) is 31.5 Å². The molecule has 3 rings (SSSR count). The van der Waals surface area contributed by atoms with Crippen LogP contribution in [0.5, 0.6) is 0 Å². The van der Waals surface area contributed by atoms with E-state index in [4.69, 9.17) is 11.6 Å². The summed E-state index contributed by atoms with van der Waals surface area (Å²) in [5.74, 6) is -0.863. The molecule has 0 aromatic heterocycles. The number of hydrogen-bond acceptors (Lipinski definition) is 4. The van der Waals surface area contributed by atoms with Crippen LogP contribution in [0.25, 0.3) is 0 Å². The molecule has 0 radical (unpaired) electrons. The third-order valence-electron chi connectivity index (χ3n) is 4.54. The number of anilines is 1. The molecule has 24 heavy (non-hydrogen) atoms. The Labute approximate surface area is 146 Å². The van der Waals surface area contributed by atoms with Gasteiger partial charge in [0.15, 0.2) is 9.84 Å².